The van der Waals surface area contributed by atoms with Crippen LogP contribution < -0.4 is 5.32 Å². The minimum atomic E-state index is 0.512. The summed E-state index contributed by atoms with van der Waals surface area (Å²) in [5.74, 6) is 1.76. The van der Waals surface area contributed by atoms with E-state index in [1.54, 1.807) is 0 Å². The van der Waals surface area contributed by atoms with Gasteiger partial charge in [0.1, 0.15) is 5.84 Å². The predicted molar refractivity (Wildman–Crippen MR) is 75.9 cm³/mol. The van der Waals surface area contributed by atoms with Gasteiger partial charge in [-0.2, -0.15) is 0 Å². The van der Waals surface area contributed by atoms with Crippen LogP contribution in [-0.4, -0.2) is 17.9 Å². The summed E-state index contributed by atoms with van der Waals surface area (Å²) in [4.78, 5) is 4.91. The molecule has 96 valence electrons. The number of hydrogen-bond donors (Lipinski definition) is 1. The van der Waals surface area contributed by atoms with E-state index in [1.165, 1.54) is 37.1 Å². The molecule has 1 aromatic carbocycles. The maximum Gasteiger partial charge on any atom is 0.100 e. The van der Waals surface area contributed by atoms with E-state index in [1.807, 2.05) is 0 Å². The Hall–Kier alpha value is -1.31. The summed E-state index contributed by atoms with van der Waals surface area (Å²) >= 11 is 0. The molecule has 0 spiro atoms. The number of amidine groups is 1. The molecule has 0 radical (unpaired) electrons. The molecule has 1 N–H and O–H groups in total. The first-order valence-electron chi connectivity index (χ1n) is 7.21. The number of benzene rings is 1. The molecule has 3 atom stereocenters. The van der Waals surface area contributed by atoms with Crippen LogP contribution in [0.1, 0.15) is 38.2 Å². The van der Waals surface area contributed by atoms with Gasteiger partial charge in [0.2, 0.25) is 0 Å². The highest BCUT2D eigenvalue weighted by atomic mass is 15.1. The van der Waals surface area contributed by atoms with Crippen molar-refractivity contribution in [2.45, 2.75) is 51.1 Å². The van der Waals surface area contributed by atoms with Crippen molar-refractivity contribution < 1.29 is 0 Å². The van der Waals surface area contributed by atoms with Gasteiger partial charge in [-0.25, -0.2) is 0 Å². The average Bonchev–Trinajstić information content (AvgIpc) is 2.84. The Morgan fingerprint density at radius 1 is 1.22 bits per heavy atom. The molecule has 1 heterocycles. The van der Waals surface area contributed by atoms with Crippen LogP contribution in [0.2, 0.25) is 0 Å². The van der Waals surface area contributed by atoms with Crippen LogP contribution in [0.3, 0.4) is 0 Å². The number of fused-ring (bicyclic) bond motifs is 1. The topological polar surface area (TPSA) is 24.4 Å². The van der Waals surface area contributed by atoms with Crippen LogP contribution in [0.25, 0.3) is 0 Å². The Balaban J connectivity index is 1.65. The maximum absolute atomic E-state index is 4.91. The van der Waals surface area contributed by atoms with Gasteiger partial charge in [-0.05, 0) is 24.8 Å². The highest BCUT2D eigenvalue weighted by Crippen LogP contribution is 2.26. The lowest BCUT2D eigenvalue weighted by molar-refractivity contribution is 0.384. The Labute approximate surface area is 110 Å². The molecule has 3 rings (SSSR count). The summed E-state index contributed by atoms with van der Waals surface area (Å²) in [6.45, 7) is 2.29. The second-order valence-electron chi connectivity index (χ2n) is 5.71. The molecule has 0 bridgehead atoms. The standard InChI is InChI=1S/C16H22N2/c1-12(11-13-7-3-2-4-8-13)16-17-14-9-5-6-10-15(14)18-16/h2-4,7-8,12,14-15H,5-6,9-11H2,1H3,(H,17,18)/t12-,14?,15?/m0/s1. The van der Waals surface area contributed by atoms with E-state index in [4.69, 9.17) is 4.99 Å². The van der Waals surface area contributed by atoms with Crippen molar-refractivity contribution in [2.75, 3.05) is 0 Å². The van der Waals surface area contributed by atoms with Gasteiger partial charge in [0.05, 0.1) is 6.04 Å². The molecule has 1 aliphatic carbocycles. The summed E-state index contributed by atoms with van der Waals surface area (Å²) in [6, 6.07) is 11.9. The maximum atomic E-state index is 4.91. The highest BCUT2D eigenvalue weighted by Gasteiger charge is 2.32. The van der Waals surface area contributed by atoms with E-state index in [0.29, 0.717) is 18.0 Å². The Kier molecular flexibility index (Phi) is 3.35. The van der Waals surface area contributed by atoms with E-state index in [9.17, 15) is 0 Å². The molecule has 2 unspecified atom stereocenters. The zero-order valence-electron chi connectivity index (χ0n) is 11.1. The number of aliphatic imine (C=N–C) groups is 1. The molecule has 0 aromatic heterocycles. The van der Waals surface area contributed by atoms with Crippen LogP contribution in [0.4, 0.5) is 0 Å². The van der Waals surface area contributed by atoms with Gasteiger partial charge in [0.25, 0.3) is 0 Å². The van der Waals surface area contributed by atoms with Crippen LogP contribution in [0, 0.1) is 5.92 Å². The van der Waals surface area contributed by atoms with Crippen LogP contribution in [0.5, 0.6) is 0 Å². The average molecular weight is 242 g/mol. The van der Waals surface area contributed by atoms with E-state index in [0.717, 1.165) is 6.42 Å². The van der Waals surface area contributed by atoms with Crippen molar-refractivity contribution in [3.05, 3.63) is 35.9 Å². The molecule has 1 saturated carbocycles. The summed E-state index contributed by atoms with van der Waals surface area (Å²) in [5.41, 5.74) is 1.41. The second kappa shape index (κ2) is 5.13. The fourth-order valence-electron chi connectivity index (χ4n) is 3.17. The highest BCUT2D eigenvalue weighted by molar-refractivity contribution is 5.86. The molecule has 2 aliphatic rings. The minimum absolute atomic E-state index is 0.512. The Morgan fingerprint density at radius 3 is 2.78 bits per heavy atom. The van der Waals surface area contributed by atoms with Crippen LogP contribution in [-0.2, 0) is 6.42 Å². The lowest BCUT2D eigenvalue weighted by Crippen LogP contribution is -2.38. The van der Waals surface area contributed by atoms with Gasteiger partial charge < -0.3 is 5.32 Å². The first kappa shape index (κ1) is 11.8. The van der Waals surface area contributed by atoms with E-state index >= 15 is 0 Å². The number of nitrogens with zero attached hydrogens (tertiary/aromatic N) is 1. The second-order valence-corrected chi connectivity index (χ2v) is 5.71. The first-order chi connectivity index (χ1) is 8.83. The number of rotatable bonds is 3. The molecule has 0 saturated heterocycles. The van der Waals surface area contributed by atoms with Crippen molar-refractivity contribution in [2.24, 2.45) is 10.9 Å². The minimum Gasteiger partial charge on any atom is -0.369 e. The third kappa shape index (κ3) is 2.43. The molecule has 2 nitrogen and oxygen atoms in total. The predicted octanol–water partition coefficient (Wildman–Crippen LogP) is 3.18. The van der Waals surface area contributed by atoms with Crippen molar-refractivity contribution in [3.8, 4) is 0 Å². The van der Waals surface area contributed by atoms with Gasteiger partial charge in [0.15, 0.2) is 0 Å². The summed E-state index contributed by atoms with van der Waals surface area (Å²) in [6.07, 6.45) is 6.39. The molecule has 2 heteroatoms. The molecule has 1 aliphatic heterocycles. The zero-order chi connectivity index (χ0) is 12.4. The van der Waals surface area contributed by atoms with Crippen LogP contribution >= 0.6 is 0 Å². The smallest absolute Gasteiger partial charge is 0.100 e. The Morgan fingerprint density at radius 2 is 2.00 bits per heavy atom. The fraction of sp³-hybridized carbons (Fsp3) is 0.562. The molecule has 18 heavy (non-hydrogen) atoms. The SMILES string of the molecule is C[C@@H](Cc1ccccc1)C1=NC2CCCCC2N1. The normalized spacial score (nSPS) is 28.2. The van der Waals surface area contributed by atoms with Crippen molar-refractivity contribution >= 4 is 5.84 Å². The largest absolute Gasteiger partial charge is 0.369 e. The number of hydrogen-bond acceptors (Lipinski definition) is 2. The van der Waals surface area contributed by atoms with E-state index < -0.39 is 0 Å². The van der Waals surface area contributed by atoms with E-state index in [-0.39, 0.29) is 0 Å². The summed E-state index contributed by atoms with van der Waals surface area (Å²) in [5, 5.41) is 3.66. The van der Waals surface area contributed by atoms with Crippen LogP contribution in [0.15, 0.2) is 35.3 Å². The fourth-order valence-corrected chi connectivity index (χ4v) is 3.17. The monoisotopic (exact) mass is 242 g/mol. The van der Waals surface area contributed by atoms with Gasteiger partial charge in [-0.15, -0.1) is 0 Å². The Bertz CT molecular complexity index is 424. The summed E-state index contributed by atoms with van der Waals surface area (Å²) < 4.78 is 0. The number of nitrogens with one attached hydrogen (secondary N) is 1. The first-order valence-corrected chi connectivity index (χ1v) is 7.21. The van der Waals surface area contributed by atoms with Gasteiger partial charge in [-0.3, -0.25) is 4.99 Å². The van der Waals surface area contributed by atoms with Crippen molar-refractivity contribution in [1.82, 2.24) is 5.32 Å². The van der Waals surface area contributed by atoms with Crippen molar-refractivity contribution in [3.63, 3.8) is 0 Å². The quantitative estimate of drug-likeness (QED) is 0.865. The lowest BCUT2D eigenvalue weighted by Gasteiger charge is -2.23. The van der Waals surface area contributed by atoms with Gasteiger partial charge in [-0.1, -0.05) is 50.1 Å². The molecule has 1 aromatic rings. The lowest BCUT2D eigenvalue weighted by atomic mass is 9.92. The third-order valence-electron chi connectivity index (χ3n) is 4.22. The molecular weight excluding hydrogens is 220 g/mol. The molecular formula is C16H22N2. The van der Waals surface area contributed by atoms with Gasteiger partial charge >= 0.3 is 0 Å². The van der Waals surface area contributed by atoms with E-state index in [2.05, 4.69) is 42.6 Å². The van der Waals surface area contributed by atoms with Gasteiger partial charge in [0, 0.05) is 12.0 Å². The third-order valence-corrected chi connectivity index (χ3v) is 4.22. The zero-order valence-corrected chi connectivity index (χ0v) is 11.1. The molecule has 0 amide bonds. The van der Waals surface area contributed by atoms with Crippen molar-refractivity contribution in [1.29, 1.82) is 0 Å². The summed E-state index contributed by atoms with van der Waals surface area (Å²) in [7, 11) is 0. The molecule has 1 fully saturated rings.